The zero-order valence-electron chi connectivity index (χ0n) is 13.1. The first-order valence-electron chi connectivity index (χ1n) is 7.75. The van der Waals surface area contributed by atoms with Crippen molar-refractivity contribution in [2.24, 2.45) is 5.92 Å². The Bertz CT molecular complexity index is 640. The molecule has 0 N–H and O–H groups in total. The lowest BCUT2D eigenvalue weighted by atomic mass is 9.95. The van der Waals surface area contributed by atoms with E-state index in [0.717, 1.165) is 5.76 Å². The van der Waals surface area contributed by atoms with Crippen molar-refractivity contribution in [2.45, 2.75) is 19.4 Å². The van der Waals surface area contributed by atoms with E-state index < -0.39 is 0 Å². The Morgan fingerprint density at radius 2 is 1.87 bits per heavy atom. The lowest BCUT2D eigenvalue weighted by molar-refractivity contribution is -0.136. The van der Waals surface area contributed by atoms with E-state index in [9.17, 15) is 9.59 Å². The third-order valence-corrected chi connectivity index (χ3v) is 4.21. The SMILES string of the molecule is CN(Cc1ccco1)C(=O)C1CCN(C(=O)c2ccco2)CC1. The van der Waals surface area contributed by atoms with Gasteiger partial charge in [-0.05, 0) is 37.1 Å². The molecule has 122 valence electrons. The lowest BCUT2D eigenvalue weighted by Gasteiger charge is -2.32. The second-order valence-corrected chi connectivity index (χ2v) is 5.82. The van der Waals surface area contributed by atoms with Gasteiger partial charge in [0.2, 0.25) is 5.91 Å². The summed E-state index contributed by atoms with van der Waals surface area (Å²) in [5.74, 6) is 1.07. The summed E-state index contributed by atoms with van der Waals surface area (Å²) in [6, 6.07) is 7.03. The largest absolute Gasteiger partial charge is 0.467 e. The first-order chi connectivity index (χ1) is 11.1. The van der Waals surface area contributed by atoms with Crippen LogP contribution in [0, 0.1) is 5.92 Å². The van der Waals surface area contributed by atoms with Crippen molar-refractivity contribution in [1.29, 1.82) is 0 Å². The van der Waals surface area contributed by atoms with Crippen molar-refractivity contribution < 1.29 is 18.4 Å². The Morgan fingerprint density at radius 1 is 1.17 bits per heavy atom. The number of likely N-dealkylation sites (tertiary alicyclic amines) is 1. The van der Waals surface area contributed by atoms with Crippen LogP contribution in [0.15, 0.2) is 45.6 Å². The predicted octanol–water partition coefficient (Wildman–Crippen LogP) is 2.38. The standard InChI is InChI=1S/C17H20N2O4/c1-18(12-14-4-2-10-22-14)16(20)13-6-8-19(9-7-13)17(21)15-5-3-11-23-15/h2-5,10-11,13H,6-9,12H2,1H3. The maximum absolute atomic E-state index is 12.5. The molecule has 0 aliphatic carbocycles. The molecule has 23 heavy (non-hydrogen) atoms. The fraction of sp³-hybridized carbons (Fsp3) is 0.412. The van der Waals surface area contributed by atoms with Gasteiger partial charge in [0.1, 0.15) is 5.76 Å². The number of carbonyl (C=O) groups excluding carboxylic acids is 2. The molecule has 2 aromatic heterocycles. The highest BCUT2D eigenvalue weighted by molar-refractivity contribution is 5.91. The van der Waals surface area contributed by atoms with Crippen molar-refractivity contribution in [3.8, 4) is 0 Å². The summed E-state index contributed by atoms with van der Waals surface area (Å²) in [6.07, 6.45) is 4.45. The van der Waals surface area contributed by atoms with Crippen molar-refractivity contribution in [3.05, 3.63) is 48.3 Å². The maximum atomic E-state index is 12.5. The average molecular weight is 316 g/mol. The Balaban J connectivity index is 1.52. The van der Waals surface area contributed by atoms with Crippen LogP contribution in [0.5, 0.6) is 0 Å². The van der Waals surface area contributed by atoms with Gasteiger partial charge in [-0.1, -0.05) is 0 Å². The van der Waals surface area contributed by atoms with Gasteiger partial charge in [-0.3, -0.25) is 9.59 Å². The zero-order valence-corrected chi connectivity index (χ0v) is 13.1. The maximum Gasteiger partial charge on any atom is 0.289 e. The monoisotopic (exact) mass is 316 g/mol. The number of piperidine rings is 1. The average Bonchev–Trinajstić information content (AvgIpc) is 3.27. The molecule has 1 aliphatic heterocycles. The Labute approximate surface area is 134 Å². The van der Waals surface area contributed by atoms with Crippen LogP contribution >= 0.6 is 0 Å². The number of carbonyl (C=O) groups is 2. The Morgan fingerprint density at radius 3 is 2.48 bits per heavy atom. The third kappa shape index (κ3) is 3.47. The number of nitrogens with zero attached hydrogens (tertiary/aromatic N) is 2. The first kappa shape index (κ1) is 15.4. The number of furan rings is 2. The molecule has 1 fully saturated rings. The highest BCUT2D eigenvalue weighted by atomic mass is 16.3. The number of hydrogen-bond donors (Lipinski definition) is 0. The molecular formula is C17H20N2O4. The minimum Gasteiger partial charge on any atom is -0.467 e. The molecule has 6 nitrogen and oxygen atoms in total. The van der Waals surface area contributed by atoms with Crippen molar-refractivity contribution in [3.63, 3.8) is 0 Å². The topological polar surface area (TPSA) is 66.9 Å². The first-order valence-corrected chi connectivity index (χ1v) is 7.75. The number of hydrogen-bond acceptors (Lipinski definition) is 4. The van der Waals surface area contributed by atoms with E-state index in [1.165, 1.54) is 6.26 Å². The van der Waals surface area contributed by atoms with Gasteiger partial charge in [0.25, 0.3) is 5.91 Å². The summed E-state index contributed by atoms with van der Waals surface area (Å²) < 4.78 is 10.4. The quantitative estimate of drug-likeness (QED) is 0.868. The second-order valence-electron chi connectivity index (χ2n) is 5.82. The van der Waals surface area contributed by atoms with Gasteiger partial charge < -0.3 is 18.6 Å². The summed E-state index contributed by atoms with van der Waals surface area (Å²) in [5.41, 5.74) is 0. The fourth-order valence-electron chi connectivity index (χ4n) is 2.91. The molecule has 6 heteroatoms. The number of rotatable bonds is 4. The van der Waals surface area contributed by atoms with Crippen LogP contribution < -0.4 is 0 Å². The molecule has 1 aliphatic rings. The van der Waals surface area contributed by atoms with Crippen LogP contribution in [-0.4, -0.2) is 41.8 Å². The smallest absolute Gasteiger partial charge is 0.289 e. The van der Waals surface area contributed by atoms with E-state index in [2.05, 4.69) is 0 Å². The van der Waals surface area contributed by atoms with E-state index >= 15 is 0 Å². The highest BCUT2D eigenvalue weighted by Crippen LogP contribution is 2.21. The van der Waals surface area contributed by atoms with Gasteiger partial charge in [-0.2, -0.15) is 0 Å². The van der Waals surface area contributed by atoms with Crippen LogP contribution in [-0.2, 0) is 11.3 Å². The molecule has 3 heterocycles. The van der Waals surface area contributed by atoms with Crippen LogP contribution in [0.4, 0.5) is 0 Å². The molecule has 2 aromatic rings. The number of amides is 2. The molecular weight excluding hydrogens is 296 g/mol. The van der Waals surface area contributed by atoms with Crippen LogP contribution in [0.3, 0.4) is 0 Å². The van der Waals surface area contributed by atoms with Gasteiger partial charge in [0.05, 0.1) is 19.1 Å². The van der Waals surface area contributed by atoms with Crippen LogP contribution in [0.25, 0.3) is 0 Å². The molecule has 0 atom stereocenters. The van der Waals surface area contributed by atoms with Gasteiger partial charge >= 0.3 is 0 Å². The van der Waals surface area contributed by atoms with Gasteiger partial charge in [0, 0.05) is 26.1 Å². The molecule has 2 amide bonds. The molecule has 0 radical (unpaired) electrons. The van der Waals surface area contributed by atoms with Gasteiger partial charge in [-0.25, -0.2) is 0 Å². The predicted molar refractivity (Wildman–Crippen MR) is 82.5 cm³/mol. The van der Waals surface area contributed by atoms with E-state index in [1.807, 2.05) is 12.1 Å². The summed E-state index contributed by atoms with van der Waals surface area (Å²) in [6.45, 7) is 1.62. The van der Waals surface area contributed by atoms with Crippen LogP contribution in [0.1, 0.15) is 29.2 Å². The minimum absolute atomic E-state index is 0.0457. The van der Waals surface area contributed by atoms with Gasteiger partial charge in [-0.15, -0.1) is 0 Å². The van der Waals surface area contributed by atoms with Crippen molar-refractivity contribution >= 4 is 11.8 Å². The molecule has 1 saturated heterocycles. The fourth-order valence-corrected chi connectivity index (χ4v) is 2.91. The summed E-state index contributed by atoms with van der Waals surface area (Å²) >= 11 is 0. The van der Waals surface area contributed by atoms with Gasteiger partial charge in [0.15, 0.2) is 5.76 Å². The Hall–Kier alpha value is -2.50. The lowest BCUT2D eigenvalue weighted by Crippen LogP contribution is -2.43. The van der Waals surface area contributed by atoms with Crippen molar-refractivity contribution in [1.82, 2.24) is 9.80 Å². The molecule has 0 bridgehead atoms. The normalized spacial score (nSPS) is 15.6. The highest BCUT2D eigenvalue weighted by Gasteiger charge is 2.30. The van der Waals surface area contributed by atoms with E-state index in [1.54, 1.807) is 35.2 Å². The molecule has 0 aromatic carbocycles. The summed E-state index contributed by atoms with van der Waals surface area (Å²) in [7, 11) is 1.78. The molecule has 0 spiro atoms. The second kappa shape index (κ2) is 6.73. The van der Waals surface area contributed by atoms with Crippen LogP contribution in [0.2, 0.25) is 0 Å². The van der Waals surface area contributed by atoms with E-state index in [4.69, 9.17) is 8.83 Å². The molecule has 0 saturated carbocycles. The third-order valence-electron chi connectivity index (χ3n) is 4.21. The summed E-state index contributed by atoms with van der Waals surface area (Å²) in [4.78, 5) is 28.1. The molecule has 0 unspecified atom stereocenters. The Kier molecular flexibility index (Phi) is 4.50. The van der Waals surface area contributed by atoms with Crippen molar-refractivity contribution in [2.75, 3.05) is 20.1 Å². The van der Waals surface area contributed by atoms with E-state index in [-0.39, 0.29) is 17.7 Å². The zero-order chi connectivity index (χ0) is 16.2. The minimum atomic E-state index is -0.107. The summed E-state index contributed by atoms with van der Waals surface area (Å²) in [5, 5.41) is 0. The molecule has 3 rings (SSSR count). The van der Waals surface area contributed by atoms with E-state index in [0.29, 0.717) is 38.2 Å².